The van der Waals surface area contributed by atoms with Crippen molar-refractivity contribution in [2.75, 3.05) is 24.5 Å². The quantitative estimate of drug-likeness (QED) is 0.579. The van der Waals surface area contributed by atoms with E-state index in [1.807, 2.05) is 0 Å². The smallest absolute Gasteiger partial charge is 0.355 e. The molecule has 3 aromatic rings. The monoisotopic (exact) mass is 446 g/mol. The van der Waals surface area contributed by atoms with Gasteiger partial charge in [0.1, 0.15) is 11.6 Å². The maximum absolute atomic E-state index is 14.0. The molecule has 7 nitrogen and oxygen atoms in total. The first-order chi connectivity index (χ1) is 15.3. The molecule has 5 rings (SSSR count). The van der Waals surface area contributed by atoms with E-state index >= 15 is 0 Å². The third kappa shape index (κ3) is 3.57. The number of alkyl halides is 3. The average molecular weight is 446 g/mol. The zero-order valence-electron chi connectivity index (χ0n) is 16.7. The van der Waals surface area contributed by atoms with E-state index in [1.165, 1.54) is 29.3 Å². The number of fused-ring (bicyclic) bond motifs is 1. The molecule has 2 atom stereocenters. The number of piperidine rings is 1. The maximum Gasteiger partial charge on any atom is 0.416 e. The van der Waals surface area contributed by atoms with Crippen molar-refractivity contribution in [3.05, 3.63) is 65.9 Å². The highest BCUT2D eigenvalue weighted by Gasteiger charge is 2.46. The van der Waals surface area contributed by atoms with E-state index in [4.69, 9.17) is 0 Å². The Bertz CT molecular complexity index is 1150. The second kappa shape index (κ2) is 7.57. The number of pyridine rings is 1. The van der Waals surface area contributed by atoms with Gasteiger partial charge in [-0.2, -0.15) is 28.2 Å². The van der Waals surface area contributed by atoms with Crippen molar-refractivity contribution in [2.24, 2.45) is 5.92 Å². The number of hydrogen-bond acceptors (Lipinski definition) is 5. The minimum Gasteiger partial charge on any atom is -0.355 e. The molecule has 4 heterocycles. The molecular formula is C21H18F4N6O. The van der Waals surface area contributed by atoms with Crippen molar-refractivity contribution in [3.63, 3.8) is 0 Å². The van der Waals surface area contributed by atoms with Crippen molar-refractivity contribution in [3.8, 4) is 5.69 Å². The Morgan fingerprint density at radius 3 is 2.56 bits per heavy atom. The fraction of sp³-hybridized carbons (Fsp3) is 0.333. The van der Waals surface area contributed by atoms with Crippen LogP contribution in [0.25, 0.3) is 5.69 Å². The summed E-state index contributed by atoms with van der Waals surface area (Å²) in [6.45, 7) is 1.42. The van der Waals surface area contributed by atoms with Crippen molar-refractivity contribution in [2.45, 2.75) is 18.6 Å². The molecule has 0 N–H and O–H groups in total. The first-order valence-corrected chi connectivity index (χ1v) is 10.1. The largest absolute Gasteiger partial charge is 0.416 e. The number of rotatable bonds is 3. The molecule has 0 bridgehead atoms. The molecular weight excluding hydrogens is 428 g/mol. The second-order valence-corrected chi connectivity index (χ2v) is 7.90. The molecule has 0 radical (unpaired) electrons. The summed E-state index contributed by atoms with van der Waals surface area (Å²) < 4.78 is 53.2. The van der Waals surface area contributed by atoms with Gasteiger partial charge in [-0.3, -0.25) is 4.79 Å². The molecule has 0 aliphatic carbocycles. The Labute approximate surface area is 180 Å². The van der Waals surface area contributed by atoms with E-state index in [0.717, 1.165) is 30.8 Å². The first-order valence-electron chi connectivity index (χ1n) is 10.1. The van der Waals surface area contributed by atoms with Crippen LogP contribution in [-0.4, -0.2) is 56.5 Å². The summed E-state index contributed by atoms with van der Waals surface area (Å²) in [7, 11) is 0. The molecule has 2 fully saturated rings. The highest BCUT2D eigenvalue weighted by atomic mass is 19.4. The van der Waals surface area contributed by atoms with E-state index in [1.54, 1.807) is 9.80 Å². The zero-order valence-corrected chi connectivity index (χ0v) is 16.7. The van der Waals surface area contributed by atoms with Crippen molar-refractivity contribution in [1.29, 1.82) is 0 Å². The molecule has 2 aliphatic rings. The molecule has 166 valence electrons. The van der Waals surface area contributed by atoms with Gasteiger partial charge in [0.15, 0.2) is 0 Å². The van der Waals surface area contributed by atoms with Crippen LogP contribution in [0.5, 0.6) is 0 Å². The predicted molar refractivity (Wildman–Crippen MR) is 106 cm³/mol. The normalized spacial score (nSPS) is 20.6. The molecule has 0 saturated carbocycles. The van der Waals surface area contributed by atoms with Crippen molar-refractivity contribution < 1.29 is 22.4 Å². The molecule has 32 heavy (non-hydrogen) atoms. The lowest BCUT2D eigenvalue weighted by Gasteiger charge is -2.53. The second-order valence-electron chi connectivity index (χ2n) is 7.90. The molecule has 1 aromatic carbocycles. The third-order valence-corrected chi connectivity index (χ3v) is 6.03. The van der Waals surface area contributed by atoms with E-state index < -0.39 is 17.6 Å². The summed E-state index contributed by atoms with van der Waals surface area (Å²) in [5.41, 5.74) is -0.270. The van der Waals surface area contributed by atoms with Crippen LogP contribution >= 0.6 is 0 Å². The van der Waals surface area contributed by atoms with Crippen molar-refractivity contribution in [1.82, 2.24) is 24.9 Å². The van der Waals surface area contributed by atoms with Gasteiger partial charge in [-0.15, -0.1) is 0 Å². The topological polar surface area (TPSA) is 67.2 Å². The van der Waals surface area contributed by atoms with Crippen LogP contribution in [0.3, 0.4) is 0 Å². The van der Waals surface area contributed by atoms with Crippen LogP contribution in [0.1, 0.15) is 22.3 Å². The summed E-state index contributed by atoms with van der Waals surface area (Å²) in [4.78, 5) is 22.0. The van der Waals surface area contributed by atoms with Gasteiger partial charge in [-0.1, -0.05) is 0 Å². The summed E-state index contributed by atoms with van der Waals surface area (Å²) in [6, 6.07) is 5.59. The number of hydrogen-bond donors (Lipinski definition) is 0. The Hall–Kier alpha value is -3.50. The molecule has 11 heteroatoms. The summed E-state index contributed by atoms with van der Waals surface area (Å²) in [6.07, 6.45) is 0.326. The predicted octanol–water partition coefficient (Wildman–Crippen LogP) is 3.17. The van der Waals surface area contributed by atoms with Gasteiger partial charge in [0.05, 0.1) is 35.2 Å². The standard InChI is InChI=1S/C21H18F4N6O/c22-15-1-2-17(31-27-6-7-28-31)16(10-15)20(32)30-11-13-4-8-29(12-18(13)30)19-9-14(3-5-26-19)21(23,24)25/h1-3,5-7,9-10,13,18H,4,8,11-12H2. The maximum atomic E-state index is 14.0. The number of carbonyl (C=O) groups is 1. The number of carbonyl (C=O) groups excluding carboxylic acids is 1. The summed E-state index contributed by atoms with van der Waals surface area (Å²) >= 11 is 0. The van der Waals surface area contributed by atoms with Crippen LogP contribution in [-0.2, 0) is 6.18 Å². The fourth-order valence-electron chi connectivity index (χ4n) is 4.35. The first kappa shape index (κ1) is 20.4. The van der Waals surface area contributed by atoms with Crippen molar-refractivity contribution >= 4 is 11.7 Å². The van der Waals surface area contributed by atoms with Gasteiger partial charge in [-0.05, 0) is 36.8 Å². The highest BCUT2D eigenvalue weighted by molar-refractivity contribution is 5.98. The molecule has 0 spiro atoms. The Morgan fingerprint density at radius 2 is 1.81 bits per heavy atom. The molecule has 1 amide bonds. The number of amides is 1. The number of halogens is 4. The lowest BCUT2D eigenvalue weighted by molar-refractivity contribution is -0.137. The van der Waals surface area contributed by atoms with Crippen LogP contribution in [0, 0.1) is 11.7 Å². The molecule has 2 aliphatic heterocycles. The Kier molecular flexibility index (Phi) is 4.83. The van der Waals surface area contributed by atoms with E-state index in [9.17, 15) is 22.4 Å². The van der Waals surface area contributed by atoms with Gasteiger partial charge in [0.2, 0.25) is 0 Å². The summed E-state index contributed by atoms with van der Waals surface area (Å²) in [5.74, 6) is -0.456. The number of anilines is 1. The van der Waals surface area contributed by atoms with E-state index in [0.29, 0.717) is 25.3 Å². The Morgan fingerprint density at radius 1 is 1.03 bits per heavy atom. The summed E-state index contributed by atoms with van der Waals surface area (Å²) in [5, 5.41) is 8.06. The lowest BCUT2D eigenvalue weighted by Crippen LogP contribution is -2.66. The van der Waals surface area contributed by atoms with Gasteiger partial charge in [-0.25, -0.2) is 9.37 Å². The van der Waals surface area contributed by atoms with Crippen LogP contribution in [0.15, 0.2) is 48.9 Å². The van der Waals surface area contributed by atoms with Gasteiger partial charge >= 0.3 is 6.18 Å². The SMILES string of the molecule is O=C(c1cc(F)ccc1-n1nccn1)N1CC2CCN(c3cc(C(F)(F)F)ccn3)CC21. The zero-order chi connectivity index (χ0) is 22.5. The average Bonchev–Trinajstić information content (AvgIpc) is 3.28. The van der Waals surface area contributed by atoms with Gasteiger partial charge < -0.3 is 9.80 Å². The van der Waals surface area contributed by atoms with Crippen LogP contribution in [0.4, 0.5) is 23.4 Å². The third-order valence-electron chi connectivity index (χ3n) is 6.03. The number of aromatic nitrogens is 4. The lowest BCUT2D eigenvalue weighted by atomic mass is 9.81. The van der Waals surface area contributed by atoms with Gasteiger partial charge in [0, 0.05) is 31.7 Å². The van der Waals surface area contributed by atoms with E-state index in [-0.39, 0.29) is 29.2 Å². The number of benzene rings is 1. The molecule has 2 aromatic heterocycles. The fourth-order valence-corrected chi connectivity index (χ4v) is 4.35. The Balaban J connectivity index is 1.38. The number of likely N-dealkylation sites (tertiary alicyclic amines) is 1. The van der Waals surface area contributed by atoms with E-state index in [2.05, 4.69) is 15.2 Å². The van der Waals surface area contributed by atoms with Crippen LogP contribution in [0.2, 0.25) is 0 Å². The van der Waals surface area contributed by atoms with Gasteiger partial charge in [0.25, 0.3) is 5.91 Å². The highest BCUT2D eigenvalue weighted by Crippen LogP contribution is 2.37. The number of nitrogens with zero attached hydrogens (tertiary/aromatic N) is 6. The minimum atomic E-state index is -4.46. The van der Waals surface area contributed by atoms with Crippen LogP contribution < -0.4 is 4.90 Å². The minimum absolute atomic E-state index is 0.133. The molecule has 2 saturated heterocycles. The molecule has 2 unspecified atom stereocenters.